The average molecular weight is 222 g/mol. The first-order valence-electron chi connectivity index (χ1n) is 6.14. The summed E-state index contributed by atoms with van der Waals surface area (Å²) in [6.45, 7) is 3.68. The highest BCUT2D eigenvalue weighted by molar-refractivity contribution is 5.91. The van der Waals surface area contributed by atoms with E-state index in [1.54, 1.807) is 0 Å². The zero-order valence-electron chi connectivity index (χ0n) is 9.75. The molecule has 0 radical (unpaired) electrons. The lowest BCUT2D eigenvalue weighted by Gasteiger charge is -2.46. The zero-order chi connectivity index (χ0) is 11.2. The van der Waals surface area contributed by atoms with Crippen LogP contribution in [0, 0.1) is 5.41 Å². The van der Waals surface area contributed by atoms with Crippen LogP contribution < -0.4 is 0 Å². The van der Waals surface area contributed by atoms with E-state index in [-0.39, 0.29) is 17.0 Å². The maximum atomic E-state index is 11.4. The lowest BCUT2D eigenvalue weighted by atomic mass is 9.64. The highest BCUT2D eigenvalue weighted by Crippen LogP contribution is 2.52. The van der Waals surface area contributed by atoms with Crippen LogP contribution in [0.3, 0.4) is 0 Å². The van der Waals surface area contributed by atoms with Gasteiger partial charge < -0.3 is 9.47 Å². The summed E-state index contributed by atoms with van der Waals surface area (Å²) >= 11 is 0. The molecular weight excluding hydrogens is 204 g/mol. The maximum absolute atomic E-state index is 11.4. The molecule has 0 aromatic rings. The van der Waals surface area contributed by atoms with Crippen LogP contribution in [-0.4, -0.2) is 24.8 Å². The van der Waals surface area contributed by atoms with Gasteiger partial charge in [-0.1, -0.05) is 12.5 Å². The molecule has 0 bridgehead atoms. The third kappa shape index (κ3) is 1.54. The molecule has 3 heteroatoms. The molecule has 0 aromatic heterocycles. The number of hydrogen-bond acceptors (Lipinski definition) is 3. The molecule has 3 nitrogen and oxygen atoms in total. The molecule has 0 unspecified atom stereocenters. The Morgan fingerprint density at radius 1 is 1.19 bits per heavy atom. The number of ether oxygens (including phenoxy) is 2. The standard InChI is InChI=1S/C13H18O3/c1-12-4-3-11(14)8-10(12)2-5-13(9-12)15-6-7-16-13/h8H,2-7,9H2,1H3/t12-/m1/s1. The number of allylic oxidation sites excluding steroid dienone is 2. The van der Waals surface area contributed by atoms with Crippen molar-refractivity contribution in [2.45, 2.75) is 44.8 Å². The second-order valence-electron chi connectivity index (χ2n) is 5.48. The maximum Gasteiger partial charge on any atom is 0.169 e. The summed E-state index contributed by atoms with van der Waals surface area (Å²) < 4.78 is 11.6. The van der Waals surface area contributed by atoms with Gasteiger partial charge in [0.1, 0.15) is 0 Å². The van der Waals surface area contributed by atoms with Crippen LogP contribution in [0.1, 0.15) is 39.0 Å². The molecule has 3 rings (SSSR count). The van der Waals surface area contributed by atoms with Gasteiger partial charge in [-0.25, -0.2) is 0 Å². The van der Waals surface area contributed by atoms with Crippen LogP contribution in [0.5, 0.6) is 0 Å². The largest absolute Gasteiger partial charge is 0.347 e. The summed E-state index contributed by atoms with van der Waals surface area (Å²) in [6, 6.07) is 0. The number of carbonyl (C=O) groups is 1. The van der Waals surface area contributed by atoms with Gasteiger partial charge in [0.05, 0.1) is 13.2 Å². The first kappa shape index (κ1) is 10.5. The van der Waals surface area contributed by atoms with Crippen molar-refractivity contribution in [3.8, 4) is 0 Å². The van der Waals surface area contributed by atoms with E-state index in [4.69, 9.17) is 9.47 Å². The molecule has 3 aliphatic rings. The number of hydrogen-bond donors (Lipinski definition) is 0. The van der Waals surface area contributed by atoms with Crippen LogP contribution in [0.4, 0.5) is 0 Å². The Bertz CT molecular complexity index is 352. The van der Waals surface area contributed by atoms with Crippen molar-refractivity contribution in [1.82, 2.24) is 0 Å². The summed E-state index contributed by atoms with van der Waals surface area (Å²) in [5.41, 5.74) is 1.43. The second kappa shape index (κ2) is 3.41. The third-order valence-corrected chi connectivity index (χ3v) is 4.28. The number of carbonyl (C=O) groups excluding carboxylic acids is 1. The predicted octanol–water partition coefficient (Wildman–Crippen LogP) is 2.21. The van der Waals surface area contributed by atoms with Crippen molar-refractivity contribution >= 4 is 5.78 Å². The molecule has 1 saturated heterocycles. The summed E-state index contributed by atoms with van der Waals surface area (Å²) in [4.78, 5) is 11.4. The Morgan fingerprint density at radius 3 is 2.69 bits per heavy atom. The molecule has 1 saturated carbocycles. The van der Waals surface area contributed by atoms with Crippen LogP contribution in [0.2, 0.25) is 0 Å². The first-order chi connectivity index (χ1) is 7.62. The van der Waals surface area contributed by atoms with Gasteiger partial charge in [-0.3, -0.25) is 4.79 Å². The lowest BCUT2D eigenvalue weighted by Crippen LogP contribution is -2.43. The van der Waals surface area contributed by atoms with Crippen molar-refractivity contribution in [2.24, 2.45) is 5.41 Å². The van der Waals surface area contributed by atoms with Gasteiger partial charge in [-0.2, -0.15) is 0 Å². The zero-order valence-corrected chi connectivity index (χ0v) is 9.75. The van der Waals surface area contributed by atoms with Crippen molar-refractivity contribution in [3.63, 3.8) is 0 Å². The predicted molar refractivity (Wildman–Crippen MR) is 58.9 cm³/mol. The highest BCUT2D eigenvalue weighted by atomic mass is 16.7. The molecule has 2 aliphatic carbocycles. The second-order valence-corrected chi connectivity index (χ2v) is 5.48. The van der Waals surface area contributed by atoms with Gasteiger partial charge in [0.25, 0.3) is 0 Å². The van der Waals surface area contributed by atoms with Crippen LogP contribution >= 0.6 is 0 Å². The van der Waals surface area contributed by atoms with Crippen molar-refractivity contribution in [3.05, 3.63) is 11.6 Å². The summed E-state index contributed by atoms with van der Waals surface area (Å²) in [5.74, 6) is -0.0522. The minimum Gasteiger partial charge on any atom is -0.347 e. The fourth-order valence-electron chi connectivity index (χ4n) is 3.33. The fourth-order valence-corrected chi connectivity index (χ4v) is 3.33. The Hall–Kier alpha value is -0.670. The Morgan fingerprint density at radius 2 is 1.94 bits per heavy atom. The molecule has 2 fully saturated rings. The Labute approximate surface area is 95.8 Å². The number of fused-ring (bicyclic) bond motifs is 1. The van der Waals surface area contributed by atoms with Gasteiger partial charge in [0.15, 0.2) is 11.6 Å². The minimum atomic E-state index is -0.341. The van der Waals surface area contributed by atoms with Gasteiger partial charge in [0, 0.05) is 19.3 Å². The first-order valence-corrected chi connectivity index (χ1v) is 6.14. The summed E-state index contributed by atoms with van der Waals surface area (Å²) in [6.07, 6.45) is 6.26. The van der Waals surface area contributed by atoms with E-state index >= 15 is 0 Å². The van der Waals surface area contributed by atoms with Crippen molar-refractivity contribution in [1.29, 1.82) is 0 Å². The number of rotatable bonds is 0. The normalized spacial score (nSPS) is 37.3. The summed E-state index contributed by atoms with van der Waals surface area (Å²) in [7, 11) is 0. The van der Waals surface area contributed by atoms with E-state index in [0.29, 0.717) is 19.6 Å². The highest BCUT2D eigenvalue weighted by Gasteiger charge is 2.49. The average Bonchev–Trinajstić information content (AvgIpc) is 2.68. The Balaban J connectivity index is 1.88. The smallest absolute Gasteiger partial charge is 0.169 e. The van der Waals surface area contributed by atoms with Gasteiger partial charge in [0.2, 0.25) is 0 Å². The molecule has 0 amide bonds. The quantitative estimate of drug-likeness (QED) is 0.630. The Kier molecular flexibility index (Phi) is 2.23. The monoisotopic (exact) mass is 222 g/mol. The minimum absolute atomic E-state index is 0.122. The topological polar surface area (TPSA) is 35.5 Å². The number of ketones is 1. The van der Waals surface area contributed by atoms with E-state index in [9.17, 15) is 4.79 Å². The molecule has 1 aliphatic heterocycles. The van der Waals surface area contributed by atoms with Crippen molar-refractivity contribution in [2.75, 3.05) is 13.2 Å². The molecule has 0 aromatic carbocycles. The van der Waals surface area contributed by atoms with Gasteiger partial charge >= 0.3 is 0 Å². The lowest BCUT2D eigenvalue weighted by molar-refractivity contribution is -0.191. The van der Waals surface area contributed by atoms with E-state index in [1.807, 2.05) is 6.08 Å². The molecule has 0 N–H and O–H groups in total. The molecule has 1 atom stereocenters. The molecule has 16 heavy (non-hydrogen) atoms. The van der Waals surface area contributed by atoms with Crippen LogP contribution in [-0.2, 0) is 14.3 Å². The van der Waals surface area contributed by atoms with E-state index < -0.39 is 0 Å². The summed E-state index contributed by atoms with van der Waals surface area (Å²) in [5, 5.41) is 0. The fraction of sp³-hybridized carbons (Fsp3) is 0.769. The van der Waals surface area contributed by atoms with E-state index in [1.165, 1.54) is 5.57 Å². The van der Waals surface area contributed by atoms with Crippen molar-refractivity contribution < 1.29 is 14.3 Å². The SMILES string of the molecule is C[C@]12CCC(=O)C=C1CCC1(C2)OCCO1. The molecule has 1 heterocycles. The molecule has 1 spiro atoms. The van der Waals surface area contributed by atoms with Gasteiger partial charge in [-0.15, -0.1) is 0 Å². The van der Waals surface area contributed by atoms with Gasteiger partial charge in [-0.05, 0) is 24.3 Å². The van der Waals surface area contributed by atoms with Crippen LogP contribution in [0.25, 0.3) is 0 Å². The van der Waals surface area contributed by atoms with Crippen LogP contribution in [0.15, 0.2) is 11.6 Å². The van der Waals surface area contributed by atoms with E-state index in [2.05, 4.69) is 6.92 Å². The van der Waals surface area contributed by atoms with E-state index in [0.717, 1.165) is 25.7 Å². The third-order valence-electron chi connectivity index (χ3n) is 4.28. The molecule has 88 valence electrons. The molecular formula is C13H18O3.